The number of aliphatic hydroxyl groups excluding tert-OH is 1. The molecule has 1 atom stereocenters. The van der Waals surface area contributed by atoms with Crippen molar-refractivity contribution in [3.8, 4) is 5.75 Å². The van der Waals surface area contributed by atoms with Crippen molar-refractivity contribution in [3.63, 3.8) is 0 Å². The summed E-state index contributed by atoms with van der Waals surface area (Å²) in [6.45, 7) is 7.23. The normalized spacial score (nSPS) is 18.5. The number of aliphatic hydroxyl groups is 1. The molecule has 2 aromatic carbocycles. The fourth-order valence-corrected chi connectivity index (χ4v) is 4.89. The van der Waals surface area contributed by atoms with E-state index in [0.717, 1.165) is 62.2 Å². The Kier molecular flexibility index (Phi) is 10.1. The van der Waals surface area contributed by atoms with Gasteiger partial charge in [-0.25, -0.2) is 0 Å². The number of carbonyl (C=O) groups excluding carboxylic acids is 2. The molecule has 2 aromatic rings. The van der Waals surface area contributed by atoms with E-state index in [1.807, 2.05) is 54.6 Å². The minimum atomic E-state index is -0.658. The molecule has 0 radical (unpaired) electrons. The van der Waals surface area contributed by atoms with Crippen molar-refractivity contribution in [2.24, 2.45) is 0 Å². The predicted octanol–water partition coefficient (Wildman–Crippen LogP) is 4.96. The Bertz CT molecular complexity index is 1120. The Morgan fingerprint density at radius 2 is 1.76 bits per heavy atom. The lowest BCUT2D eigenvalue weighted by molar-refractivity contribution is -0.129. The van der Waals surface area contributed by atoms with E-state index in [0.29, 0.717) is 26.4 Å². The third kappa shape index (κ3) is 7.11. The second kappa shape index (κ2) is 13.9. The third-order valence-corrected chi connectivity index (χ3v) is 6.99. The molecule has 1 N–H and O–H groups in total. The SMILES string of the molecule is CCCCCOc1ccc(C2C(C(=O)C=Cc3ccccc3)=C(O)C(=O)N2CCCN2CCOCC2)cc1. The second-order valence-electron chi connectivity index (χ2n) is 9.70. The van der Waals surface area contributed by atoms with E-state index in [9.17, 15) is 14.7 Å². The molecule has 0 aliphatic carbocycles. The molecule has 2 heterocycles. The van der Waals surface area contributed by atoms with Crippen molar-refractivity contribution in [2.45, 2.75) is 38.6 Å². The van der Waals surface area contributed by atoms with Crippen LogP contribution < -0.4 is 4.74 Å². The number of amides is 1. The molecule has 202 valence electrons. The lowest BCUT2D eigenvalue weighted by Gasteiger charge is -2.30. The van der Waals surface area contributed by atoms with Crippen LogP contribution in [0.2, 0.25) is 0 Å². The summed E-state index contributed by atoms with van der Waals surface area (Å²) in [6.07, 6.45) is 7.12. The standard InChI is InChI=1S/C31H38N2O5/c1-2-3-7-21-38-26-14-12-25(13-15-26)29-28(27(34)16-11-24-9-5-4-6-10-24)30(35)31(36)33(29)18-8-17-32-19-22-37-23-20-32/h4-6,9-16,29,35H,2-3,7-8,17-23H2,1H3. The van der Waals surface area contributed by atoms with Gasteiger partial charge in [-0.3, -0.25) is 14.5 Å². The quantitative estimate of drug-likeness (QED) is 0.298. The summed E-state index contributed by atoms with van der Waals surface area (Å²) >= 11 is 0. The van der Waals surface area contributed by atoms with Crippen LogP contribution in [-0.4, -0.2) is 72.6 Å². The molecule has 4 rings (SSSR count). The summed E-state index contributed by atoms with van der Waals surface area (Å²) in [4.78, 5) is 30.5. The summed E-state index contributed by atoms with van der Waals surface area (Å²) in [7, 11) is 0. The van der Waals surface area contributed by atoms with Gasteiger partial charge in [0.2, 0.25) is 0 Å². The highest BCUT2D eigenvalue weighted by Crippen LogP contribution is 2.38. The molecule has 0 saturated carbocycles. The molecule has 2 aliphatic heterocycles. The average molecular weight is 519 g/mol. The summed E-state index contributed by atoms with van der Waals surface area (Å²) in [5, 5.41) is 10.9. The Labute approximate surface area is 225 Å². The van der Waals surface area contributed by atoms with E-state index in [-0.39, 0.29) is 11.4 Å². The van der Waals surface area contributed by atoms with Crippen molar-refractivity contribution in [2.75, 3.05) is 46.0 Å². The lowest BCUT2D eigenvalue weighted by Crippen LogP contribution is -2.39. The average Bonchev–Trinajstić information content (AvgIpc) is 3.21. The van der Waals surface area contributed by atoms with E-state index in [1.165, 1.54) is 6.08 Å². The first-order valence-corrected chi connectivity index (χ1v) is 13.6. The van der Waals surface area contributed by atoms with Crippen molar-refractivity contribution in [1.29, 1.82) is 0 Å². The van der Waals surface area contributed by atoms with Gasteiger partial charge in [0.1, 0.15) is 5.75 Å². The maximum absolute atomic E-state index is 13.4. The van der Waals surface area contributed by atoms with E-state index < -0.39 is 17.7 Å². The van der Waals surface area contributed by atoms with Gasteiger partial charge in [-0.1, -0.05) is 68.3 Å². The first-order chi connectivity index (χ1) is 18.6. The number of unbranched alkanes of at least 4 members (excludes halogenated alkanes) is 2. The number of ether oxygens (including phenoxy) is 2. The summed E-state index contributed by atoms with van der Waals surface area (Å²) in [6, 6.07) is 16.3. The number of ketones is 1. The van der Waals surface area contributed by atoms with Crippen LogP contribution in [0.25, 0.3) is 6.08 Å². The zero-order valence-electron chi connectivity index (χ0n) is 22.2. The number of carbonyl (C=O) groups is 2. The van der Waals surface area contributed by atoms with E-state index in [2.05, 4.69) is 11.8 Å². The van der Waals surface area contributed by atoms with Gasteiger partial charge in [0, 0.05) is 26.2 Å². The van der Waals surface area contributed by atoms with Gasteiger partial charge in [-0.05, 0) is 42.2 Å². The first-order valence-electron chi connectivity index (χ1n) is 13.6. The molecule has 1 saturated heterocycles. The summed E-state index contributed by atoms with van der Waals surface area (Å²) in [5.74, 6) is -0.601. The smallest absolute Gasteiger partial charge is 0.290 e. The maximum Gasteiger partial charge on any atom is 0.290 e. The predicted molar refractivity (Wildman–Crippen MR) is 148 cm³/mol. The first kappa shape index (κ1) is 27.6. The topological polar surface area (TPSA) is 79.3 Å². The zero-order valence-corrected chi connectivity index (χ0v) is 22.2. The molecule has 0 spiro atoms. The largest absolute Gasteiger partial charge is 0.503 e. The Balaban J connectivity index is 1.53. The van der Waals surface area contributed by atoms with Crippen molar-refractivity contribution in [3.05, 3.63) is 83.1 Å². The fraction of sp³-hybridized carbons (Fsp3) is 0.419. The van der Waals surface area contributed by atoms with E-state index in [4.69, 9.17) is 9.47 Å². The zero-order chi connectivity index (χ0) is 26.7. The van der Waals surface area contributed by atoms with Gasteiger partial charge in [-0.15, -0.1) is 0 Å². The number of hydrogen-bond acceptors (Lipinski definition) is 6. The summed E-state index contributed by atoms with van der Waals surface area (Å²) < 4.78 is 11.3. The minimum absolute atomic E-state index is 0.116. The highest BCUT2D eigenvalue weighted by Gasteiger charge is 2.42. The monoisotopic (exact) mass is 518 g/mol. The van der Waals surface area contributed by atoms with Crippen LogP contribution in [0.3, 0.4) is 0 Å². The molecule has 7 nitrogen and oxygen atoms in total. The number of hydrogen-bond donors (Lipinski definition) is 1. The number of morpholine rings is 1. The van der Waals surface area contributed by atoms with Crippen LogP contribution in [0.4, 0.5) is 0 Å². The van der Waals surface area contributed by atoms with Crippen molar-refractivity contribution < 1.29 is 24.2 Å². The molecular formula is C31H38N2O5. The number of nitrogens with zero attached hydrogens (tertiary/aromatic N) is 2. The van der Waals surface area contributed by atoms with Gasteiger partial charge in [0.05, 0.1) is 31.4 Å². The highest BCUT2D eigenvalue weighted by atomic mass is 16.5. The van der Waals surface area contributed by atoms with E-state index >= 15 is 0 Å². The van der Waals surface area contributed by atoms with Gasteiger partial charge in [-0.2, -0.15) is 0 Å². The van der Waals surface area contributed by atoms with Crippen LogP contribution >= 0.6 is 0 Å². The fourth-order valence-electron chi connectivity index (χ4n) is 4.89. The molecule has 1 fully saturated rings. The number of benzene rings is 2. The molecule has 1 unspecified atom stereocenters. The van der Waals surface area contributed by atoms with Crippen LogP contribution in [0.1, 0.15) is 49.8 Å². The van der Waals surface area contributed by atoms with Crippen molar-refractivity contribution >= 4 is 17.8 Å². The highest BCUT2D eigenvalue weighted by molar-refractivity contribution is 6.14. The molecule has 38 heavy (non-hydrogen) atoms. The van der Waals surface area contributed by atoms with Crippen LogP contribution in [0.5, 0.6) is 5.75 Å². The van der Waals surface area contributed by atoms with Crippen LogP contribution in [0.15, 0.2) is 72.0 Å². The molecule has 1 amide bonds. The Hall–Kier alpha value is -3.42. The molecule has 0 aromatic heterocycles. The van der Waals surface area contributed by atoms with E-state index in [1.54, 1.807) is 11.0 Å². The second-order valence-corrected chi connectivity index (χ2v) is 9.70. The Morgan fingerprint density at radius 1 is 1.03 bits per heavy atom. The third-order valence-electron chi connectivity index (χ3n) is 6.99. The van der Waals surface area contributed by atoms with Gasteiger partial charge in [0.15, 0.2) is 11.5 Å². The minimum Gasteiger partial charge on any atom is -0.503 e. The van der Waals surface area contributed by atoms with Gasteiger partial charge in [0.25, 0.3) is 5.91 Å². The molecule has 0 bridgehead atoms. The van der Waals surface area contributed by atoms with Crippen LogP contribution in [-0.2, 0) is 14.3 Å². The van der Waals surface area contributed by atoms with Gasteiger partial charge >= 0.3 is 0 Å². The van der Waals surface area contributed by atoms with Crippen LogP contribution in [0, 0.1) is 0 Å². The maximum atomic E-state index is 13.4. The number of allylic oxidation sites excluding steroid dienone is 1. The molecule has 7 heteroatoms. The lowest BCUT2D eigenvalue weighted by atomic mass is 9.95. The van der Waals surface area contributed by atoms with Crippen molar-refractivity contribution in [1.82, 2.24) is 9.80 Å². The molecular weight excluding hydrogens is 480 g/mol. The van der Waals surface area contributed by atoms with Gasteiger partial charge < -0.3 is 19.5 Å². The summed E-state index contributed by atoms with van der Waals surface area (Å²) in [5.41, 5.74) is 1.75. The molecule has 2 aliphatic rings. The Morgan fingerprint density at radius 3 is 2.47 bits per heavy atom. The number of rotatable bonds is 13.